The van der Waals surface area contributed by atoms with Gasteiger partial charge in [0.2, 0.25) is 0 Å². The molecule has 2 aliphatic rings. The highest BCUT2D eigenvalue weighted by Crippen LogP contribution is 2.19. The minimum Gasteiger partial charge on any atom is -0.376 e. The molecule has 0 aromatic carbocycles. The number of piperidine rings is 1. The molecule has 0 bridgehead atoms. The molecule has 2 fully saturated rings. The topological polar surface area (TPSA) is 49.9 Å². The van der Waals surface area contributed by atoms with Crippen LogP contribution in [0, 0.1) is 0 Å². The highest BCUT2D eigenvalue weighted by atomic mass is 32.2. The van der Waals surface area contributed by atoms with E-state index in [0.717, 1.165) is 45.8 Å². The lowest BCUT2D eigenvalue weighted by Gasteiger charge is -2.40. The molecule has 0 atom stereocenters. The summed E-state index contributed by atoms with van der Waals surface area (Å²) < 4.78 is 28.8. The number of hydrogen-bond donors (Lipinski definition) is 0. The smallest absolute Gasteiger partial charge is 0.152 e. The van der Waals surface area contributed by atoms with Crippen LogP contribution in [0.25, 0.3) is 0 Å². The second kappa shape index (κ2) is 7.60. The van der Waals surface area contributed by atoms with Gasteiger partial charge in [-0.05, 0) is 53.1 Å². The van der Waals surface area contributed by atoms with E-state index in [1.807, 2.05) is 0 Å². The zero-order valence-corrected chi connectivity index (χ0v) is 15.2. The van der Waals surface area contributed by atoms with Crippen LogP contribution in [0.15, 0.2) is 0 Å². The molecule has 2 heterocycles. The maximum absolute atomic E-state index is 11.5. The average molecular weight is 333 g/mol. The van der Waals surface area contributed by atoms with Gasteiger partial charge in [-0.2, -0.15) is 0 Å². The molecule has 130 valence electrons. The molecule has 6 heteroatoms. The Kier molecular flexibility index (Phi) is 6.28. The Bertz CT molecular complexity index is 423. The molecule has 0 saturated carbocycles. The molecule has 0 unspecified atom stereocenters. The Morgan fingerprint density at radius 1 is 1.05 bits per heavy atom. The van der Waals surface area contributed by atoms with E-state index in [-0.39, 0.29) is 5.60 Å². The Hall–Kier alpha value is -0.170. The van der Waals surface area contributed by atoms with E-state index in [1.165, 1.54) is 12.8 Å². The van der Waals surface area contributed by atoms with Gasteiger partial charge in [0, 0.05) is 32.3 Å². The zero-order chi connectivity index (χ0) is 16.2. The molecule has 22 heavy (non-hydrogen) atoms. The third-order valence-corrected chi connectivity index (χ3v) is 6.22. The number of sulfone groups is 1. The van der Waals surface area contributed by atoms with Crippen molar-refractivity contribution in [1.82, 2.24) is 9.80 Å². The average Bonchev–Trinajstić information content (AvgIpc) is 2.43. The van der Waals surface area contributed by atoms with Crippen molar-refractivity contribution in [3.8, 4) is 0 Å². The zero-order valence-electron chi connectivity index (χ0n) is 14.4. The molecule has 0 radical (unpaired) electrons. The first-order chi connectivity index (χ1) is 10.3. The first-order valence-corrected chi connectivity index (χ1v) is 10.4. The van der Waals surface area contributed by atoms with Crippen LogP contribution >= 0.6 is 0 Å². The van der Waals surface area contributed by atoms with Gasteiger partial charge < -0.3 is 9.64 Å². The predicted molar refractivity (Wildman–Crippen MR) is 90.0 cm³/mol. The standard InChI is InChI=1S/C16H32N2O3S/c1-16(2,3)21-12-4-7-17-8-5-15(6-9-17)18-10-13-22(19,20)14-11-18/h15H,4-14H2,1-3H3. The third kappa shape index (κ3) is 6.14. The van der Waals surface area contributed by atoms with Gasteiger partial charge in [0.05, 0.1) is 17.1 Å². The summed E-state index contributed by atoms with van der Waals surface area (Å²) in [5, 5.41) is 0. The number of likely N-dealkylation sites (tertiary alicyclic amines) is 1. The van der Waals surface area contributed by atoms with E-state index >= 15 is 0 Å². The lowest BCUT2D eigenvalue weighted by atomic mass is 10.0. The summed E-state index contributed by atoms with van der Waals surface area (Å²) in [6.45, 7) is 11.9. The molecule has 0 amide bonds. The van der Waals surface area contributed by atoms with E-state index in [0.29, 0.717) is 17.5 Å². The van der Waals surface area contributed by atoms with E-state index in [9.17, 15) is 8.42 Å². The van der Waals surface area contributed by atoms with Crippen LogP contribution in [-0.4, -0.2) is 80.7 Å². The number of nitrogens with zero attached hydrogens (tertiary/aromatic N) is 2. The van der Waals surface area contributed by atoms with Gasteiger partial charge in [-0.1, -0.05) is 0 Å². The van der Waals surface area contributed by atoms with Gasteiger partial charge in [0.15, 0.2) is 9.84 Å². The minimum absolute atomic E-state index is 0.0401. The van der Waals surface area contributed by atoms with Crippen molar-refractivity contribution < 1.29 is 13.2 Å². The summed E-state index contributed by atoms with van der Waals surface area (Å²) in [4.78, 5) is 4.91. The molecule has 5 nitrogen and oxygen atoms in total. The lowest BCUT2D eigenvalue weighted by molar-refractivity contribution is -0.00825. The maximum Gasteiger partial charge on any atom is 0.152 e. The number of rotatable bonds is 5. The number of ether oxygens (including phenoxy) is 1. The summed E-state index contributed by atoms with van der Waals surface area (Å²) in [6.07, 6.45) is 3.42. The van der Waals surface area contributed by atoms with Crippen molar-refractivity contribution in [3.63, 3.8) is 0 Å². The van der Waals surface area contributed by atoms with Gasteiger partial charge in [-0.25, -0.2) is 8.42 Å². The van der Waals surface area contributed by atoms with Gasteiger partial charge in [-0.3, -0.25) is 4.90 Å². The van der Waals surface area contributed by atoms with Crippen LogP contribution in [0.2, 0.25) is 0 Å². The van der Waals surface area contributed by atoms with Crippen molar-refractivity contribution >= 4 is 9.84 Å². The molecule has 2 aliphatic heterocycles. The largest absolute Gasteiger partial charge is 0.376 e. The van der Waals surface area contributed by atoms with Crippen LogP contribution in [0.3, 0.4) is 0 Å². The van der Waals surface area contributed by atoms with Crippen LogP contribution in [0.5, 0.6) is 0 Å². The number of hydrogen-bond acceptors (Lipinski definition) is 5. The summed E-state index contributed by atoms with van der Waals surface area (Å²) in [5.74, 6) is 0.689. The van der Waals surface area contributed by atoms with E-state index < -0.39 is 9.84 Å². The van der Waals surface area contributed by atoms with Gasteiger partial charge in [-0.15, -0.1) is 0 Å². The Morgan fingerprint density at radius 2 is 1.64 bits per heavy atom. The third-order valence-electron chi connectivity index (χ3n) is 4.61. The van der Waals surface area contributed by atoms with Crippen molar-refractivity contribution in [1.29, 1.82) is 0 Å². The quantitative estimate of drug-likeness (QED) is 0.712. The van der Waals surface area contributed by atoms with Gasteiger partial charge in [0.1, 0.15) is 0 Å². The fourth-order valence-electron chi connectivity index (χ4n) is 3.27. The maximum atomic E-state index is 11.5. The monoisotopic (exact) mass is 332 g/mol. The van der Waals surface area contributed by atoms with E-state index in [4.69, 9.17) is 4.74 Å². The second-order valence-corrected chi connectivity index (χ2v) is 9.88. The highest BCUT2D eigenvalue weighted by Gasteiger charge is 2.29. The molecule has 0 spiro atoms. The molecule has 2 saturated heterocycles. The van der Waals surface area contributed by atoms with Crippen molar-refractivity contribution in [2.45, 2.75) is 51.7 Å². The molecule has 0 aliphatic carbocycles. The SMILES string of the molecule is CC(C)(C)OCCCN1CCC(N2CCS(=O)(=O)CC2)CC1. The summed E-state index contributed by atoms with van der Waals surface area (Å²) in [6, 6.07) is 0.581. The fourth-order valence-corrected chi connectivity index (χ4v) is 4.50. The van der Waals surface area contributed by atoms with Crippen LogP contribution in [0.1, 0.15) is 40.0 Å². The lowest BCUT2D eigenvalue weighted by Crippen LogP contribution is -2.50. The molecule has 0 aromatic rings. The van der Waals surface area contributed by atoms with Crippen LogP contribution < -0.4 is 0 Å². The van der Waals surface area contributed by atoms with Gasteiger partial charge in [0.25, 0.3) is 0 Å². The molecular formula is C16H32N2O3S. The second-order valence-electron chi connectivity index (χ2n) is 7.57. The summed E-state index contributed by atoms with van der Waals surface area (Å²) >= 11 is 0. The van der Waals surface area contributed by atoms with Crippen LogP contribution in [0.4, 0.5) is 0 Å². The molecular weight excluding hydrogens is 300 g/mol. The first-order valence-electron chi connectivity index (χ1n) is 8.56. The molecule has 0 aromatic heterocycles. The predicted octanol–water partition coefficient (Wildman–Crippen LogP) is 1.39. The Labute approximate surface area is 135 Å². The molecule has 0 N–H and O–H groups in total. The molecule has 2 rings (SSSR count). The summed E-state index contributed by atoms with van der Waals surface area (Å²) in [5.41, 5.74) is -0.0401. The first kappa shape index (κ1) is 18.2. The minimum atomic E-state index is -2.76. The normalized spacial score (nSPS) is 25.4. The van der Waals surface area contributed by atoms with Gasteiger partial charge >= 0.3 is 0 Å². The Morgan fingerprint density at radius 3 is 2.18 bits per heavy atom. The van der Waals surface area contributed by atoms with Crippen molar-refractivity contribution in [2.75, 3.05) is 50.8 Å². The highest BCUT2D eigenvalue weighted by molar-refractivity contribution is 7.91. The van der Waals surface area contributed by atoms with Crippen molar-refractivity contribution in [3.05, 3.63) is 0 Å². The van der Waals surface area contributed by atoms with E-state index in [2.05, 4.69) is 30.6 Å². The van der Waals surface area contributed by atoms with Crippen molar-refractivity contribution in [2.24, 2.45) is 0 Å². The Balaban J connectivity index is 1.62. The summed E-state index contributed by atoms with van der Waals surface area (Å²) in [7, 11) is -2.76. The van der Waals surface area contributed by atoms with Crippen LogP contribution in [-0.2, 0) is 14.6 Å². The fraction of sp³-hybridized carbons (Fsp3) is 1.00. The van der Waals surface area contributed by atoms with E-state index in [1.54, 1.807) is 0 Å².